The Kier molecular flexibility index (Phi) is 4.11. The maximum absolute atomic E-state index is 12.9. The molecule has 0 radical (unpaired) electrons. The third-order valence-electron chi connectivity index (χ3n) is 5.59. The summed E-state index contributed by atoms with van der Waals surface area (Å²) < 4.78 is 5.39. The van der Waals surface area contributed by atoms with Gasteiger partial charge in [-0.25, -0.2) is 0 Å². The lowest BCUT2D eigenvalue weighted by Gasteiger charge is -2.29. The van der Waals surface area contributed by atoms with Crippen LogP contribution >= 0.6 is 0 Å². The lowest BCUT2D eigenvalue weighted by atomic mass is 9.74. The van der Waals surface area contributed by atoms with E-state index in [4.69, 9.17) is 4.74 Å². The van der Waals surface area contributed by atoms with E-state index in [1.807, 2.05) is 24.3 Å². The van der Waals surface area contributed by atoms with Gasteiger partial charge in [0.2, 0.25) is 0 Å². The fraction of sp³-hybridized carbons (Fsp3) is 0.381. The van der Waals surface area contributed by atoms with Gasteiger partial charge in [-0.15, -0.1) is 0 Å². The molecule has 1 aliphatic carbocycles. The highest BCUT2D eigenvalue weighted by Gasteiger charge is 2.42. The summed E-state index contributed by atoms with van der Waals surface area (Å²) >= 11 is 0. The predicted octanol–water partition coefficient (Wildman–Crippen LogP) is 2.81. The number of rotatable bonds is 4. The Balaban J connectivity index is 1.52. The molecule has 2 aliphatic rings. The monoisotopic (exact) mass is 321 g/mol. The Morgan fingerprint density at radius 2 is 1.79 bits per heavy atom. The van der Waals surface area contributed by atoms with E-state index in [0.717, 1.165) is 30.7 Å². The Morgan fingerprint density at radius 3 is 2.58 bits per heavy atom. The first-order valence-electron chi connectivity index (χ1n) is 8.71. The van der Waals surface area contributed by atoms with Crippen LogP contribution in [0.2, 0.25) is 0 Å². The van der Waals surface area contributed by atoms with Crippen LogP contribution in [0.3, 0.4) is 0 Å². The van der Waals surface area contributed by atoms with E-state index in [1.165, 1.54) is 11.1 Å². The summed E-state index contributed by atoms with van der Waals surface area (Å²) in [6.45, 7) is 0.946. The highest BCUT2D eigenvalue weighted by molar-refractivity contribution is 5.87. The second-order valence-corrected chi connectivity index (χ2v) is 6.94. The second kappa shape index (κ2) is 6.40. The molecule has 0 saturated carbocycles. The van der Waals surface area contributed by atoms with E-state index in [0.29, 0.717) is 18.3 Å². The van der Waals surface area contributed by atoms with Crippen LogP contribution in [-0.2, 0) is 24.1 Å². The lowest BCUT2D eigenvalue weighted by molar-refractivity contribution is -0.121. The molecule has 0 bridgehead atoms. The first kappa shape index (κ1) is 15.4. The van der Waals surface area contributed by atoms with Crippen LogP contribution in [0.4, 0.5) is 0 Å². The number of carbonyl (C=O) groups is 1. The Bertz CT molecular complexity index is 755. The van der Waals surface area contributed by atoms with Crippen molar-refractivity contribution in [2.24, 2.45) is 11.8 Å². The van der Waals surface area contributed by atoms with Gasteiger partial charge in [-0.3, -0.25) is 4.79 Å². The third kappa shape index (κ3) is 2.73. The highest BCUT2D eigenvalue weighted by Crippen LogP contribution is 2.36. The fourth-order valence-corrected chi connectivity index (χ4v) is 4.35. The highest BCUT2D eigenvalue weighted by atomic mass is 16.5. The largest absolute Gasteiger partial charge is 0.496 e. The number of methoxy groups -OCH3 is 1. The number of ketones is 1. The number of ether oxygens (including phenoxy) is 1. The molecular formula is C21H23NO2. The summed E-state index contributed by atoms with van der Waals surface area (Å²) in [5, 5.41) is 3.50. The smallest absolute Gasteiger partial charge is 0.154 e. The molecule has 3 unspecified atom stereocenters. The fourth-order valence-electron chi connectivity index (χ4n) is 4.35. The number of fused-ring (bicyclic) bond motifs is 2. The minimum Gasteiger partial charge on any atom is -0.496 e. The van der Waals surface area contributed by atoms with Gasteiger partial charge >= 0.3 is 0 Å². The van der Waals surface area contributed by atoms with Crippen molar-refractivity contribution in [3.63, 3.8) is 0 Å². The van der Waals surface area contributed by atoms with Crippen molar-refractivity contribution in [2.75, 3.05) is 13.7 Å². The molecule has 3 atom stereocenters. The van der Waals surface area contributed by atoms with Crippen molar-refractivity contribution in [3.8, 4) is 5.75 Å². The molecule has 3 heteroatoms. The Hall–Kier alpha value is -2.13. The molecule has 1 aliphatic heterocycles. The van der Waals surface area contributed by atoms with E-state index in [1.54, 1.807) is 7.11 Å². The van der Waals surface area contributed by atoms with Crippen molar-refractivity contribution < 1.29 is 9.53 Å². The van der Waals surface area contributed by atoms with Crippen molar-refractivity contribution >= 4 is 5.78 Å². The summed E-state index contributed by atoms with van der Waals surface area (Å²) in [7, 11) is 1.66. The number of carbonyl (C=O) groups excluding carboxylic acids is 1. The van der Waals surface area contributed by atoms with Crippen LogP contribution in [0.15, 0.2) is 48.5 Å². The number of benzene rings is 2. The van der Waals surface area contributed by atoms with Gasteiger partial charge in [0.05, 0.1) is 13.2 Å². The number of para-hydroxylation sites is 1. The van der Waals surface area contributed by atoms with Crippen molar-refractivity contribution in [3.05, 3.63) is 65.2 Å². The van der Waals surface area contributed by atoms with Gasteiger partial charge in [-0.1, -0.05) is 42.5 Å². The molecule has 1 fully saturated rings. The normalized spacial score (nSPS) is 25.0. The standard InChI is InChI=1S/C21H23NO2/c1-24-20-9-5-4-8-16(20)12-19(23)21-18-11-15-7-3-2-6-14(15)10-17(18)13-22-21/h2-9,17-18,21-22H,10-13H2,1H3. The molecule has 0 aromatic heterocycles. The van der Waals surface area contributed by atoms with Gasteiger partial charge in [0.25, 0.3) is 0 Å². The van der Waals surface area contributed by atoms with Crippen LogP contribution in [-0.4, -0.2) is 25.5 Å². The summed E-state index contributed by atoms with van der Waals surface area (Å²) in [4.78, 5) is 12.9. The van der Waals surface area contributed by atoms with Crippen molar-refractivity contribution in [2.45, 2.75) is 25.3 Å². The summed E-state index contributed by atoms with van der Waals surface area (Å²) in [6.07, 6.45) is 2.54. The minimum atomic E-state index is -0.0340. The number of hydrogen-bond acceptors (Lipinski definition) is 3. The molecule has 0 amide bonds. The molecule has 3 nitrogen and oxygen atoms in total. The summed E-state index contributed by atoms with van der Waals surface area (Å²) in [5.41, 5.74) is 3.85. The maximum Gasteiger partial charge on any atom is 0.154 e. The van der Waals surface area contributed by atoms with Gasteiger partial charge in [-0.05, 0) is 48.4 Å². The molecule has 0 spiro atoms. The van der Waals surface area contributed by atoms with E-state index in [9.17, 15) is 4.79 Å². The molecule has 24 heavy (non-hydrogen) atoms. The Morgan fingerprint density at radius 1 is 1.08 bits per heavy atom. The van der Waals surface area contributed by atoms with E-state index >= 15 is 0 Å². The predicted molar refractivity (Wildman–Crippen MR) is 94.3 cm³/mol. The molecule has 2 aromatic rings. The van der Waals surface area contributed by atoms with Crippen LogP contribution in [0.5, 0.6) is 5.75 Å². The van der Waals surface area contributed by atoms with Gasteiger partial charge < -0.3 is 10.1 Å². The molecule has 1 heterocycles. The van der Waals surface area contributed by atoms with Crippen LogP contribution < -0.4 is 10.1 Å². The van der Waals surface area contributed by atoms with Crippen LogP contribution in [0.25, 0.3) is 0 Å². The van der Waals surface area contributed by atoms with E-state index < -0.39 is 0 Å². The number of Topliss-reactive ketones (excluding diaryl/α,β-unsaturated/α-hetero) is 1. The number of nitrogens with one attached hydrogen (secondary N) is 1. The van der Waals surface area contributed by atoms with Gasteiger partial charge in [0.1, 0.15) is 5.75 Å². The van der Waals surface area contributed by atoms with Crippen molar-refractivity contribution in [1.29, 1.82) is 0 Å². The lowest BCUT2D eigenvalue weighted by Crippen LogP contribution is -2.39. The topological polar surface area (TPSA) is 38.3 Å². The first-order chi connectivity index (χ1) is 11.8. The zero-order valence-electron chi connectivity index (χ0n) is 14.0. The zero-order chi connectivity index (χ0) is 16.5. The van der Waals surface area contributed by atoms with E-state index in [2.05, 4.69) is 29.6 Å². The average Bonchev–Trinajstić information content (AvgIpc) is 3.03. The molecular weight excluding hydrogens is 298 g/mol. The summed E-state index contributed by atoms with van der Waals surface area (Å²) in [5.74, 6) is 2.08. The second-order valence-electron chi connectivity index (χ2n) is 6.94. The molecule has 124 valence electrons. The molecule has 4 rings (SSSR count). The maximum atomic E-state index is 12.9. The van der Waals surface area contributed by atoms with Gasteiger partial charge in [-0.2, -0.15) is 0 Å². The minimum absolute atomic E-state index is 0.0340. The third-order valence-corrected chi connectivity index (χ3v) is 5.59. The van der Waals surface area contributed by atoms with E-state index in [-0.39, 0.29) is 11.8 Å². The zero-order valence-corrected chi connectivity index (χ0v) is 14.0. The molecule has 1 saturated heterocycles. The first-order valence-corrected chi connectivity index (χ1v) is 8.71. The van der Waals surface area contributed by atoms with Gasteiger partial charge in [0.15, 0.2) is 5.78 Å². The number of hydrogen-bond donors (Lipinski definition) is 1. The molecule has 2 aromatic carbocycles. The average molecular weight is 321 g/mol. The van der Waals surface area contributed by atoms with Gasteiger partial charge in [0, 0.05) is 12.0 Å². The Labute approximate surface area is 143 Å². The van der Waals surface area contributed by atoms with Crippen LogP contribution in [0, 0.1) is 11.8 Å². The van der Waals surface area contributed by atoms with Crippen LogP contribution in [0.1, 0.15) is 16.7 Å². The molecule has 1 N–H and O–H groups in total. The SMILES string of the molecule is COc1ccccc1CC(=O)C1NCC2Cc3ccccc3CC21. The van der Waals surface area contributed by atoms with Crippen molar-refractivity contribution in [1.82, 2.24) is 5.32 Å². The quantitative estimate of drug-likeness (QED) is 0.941. The summed E-state index contributed by atoms with van der Waals surface area (Å²) in [6, 6.07) is 16.4.